The van der Waals surface area contributed by atoms with Crippen LogP contribution in [0.1, 0.15) is 26.7 Å². The van der Waals surface area contributed by atoms with Gasteiger partial charge < -0.3 is 11.1 Å². The third-order valence-electron chi connectivity index (χ3n) is 4.32. The SMILES string of the molecule is C=C/C=C\C(=C)N=C(N)SC(=[NH2+])C1C=CC=C(C2=NN[C@@H](N/C(=C/C=C\C)CC)S2)C1. The number of nitrogens with two attached hydrogens (primary N) is 2. The fourth-order valence-electron chi connectivity index (χ4n) is 2.75. The second kappa shape index (κ2) is 12.9. The second-order valence-corrected chi connectivity index (χ2v) is 8.88. The van der Waals surface area contributed by atoms with Gasteiger partial charge in [0.2, 0.25) is 5.04 Å². The summed E-state index contributed by atoms with van der Waals surface area (Å²) in [6, 6.07) is 0. The van der Waals surface area contributed by atoms with Gasteiger partial charge in [0.15, 0.2) is 10.7 Å². The number of thioether (sulfide) groups is 2. The van der Waals surface area contributed by atoms with Crippen molar-refractivity contribution >= 4 is 38.8 Å². The lowest BCUT2D eigenvalue weighted by Crippen LogP contribution is -2.43. The van der Waals surface area contributed by atoms with Crippen molar-refractivity contribution in [3.05, 3.63) is 84.8 Å². The first kappa shape index (κ1) is 24.6. The molecular weight excluding hydrogens is 424 g/mol. The highest BCUT2D eigenvalue weighted by Crippen LogP contribution is 2.30. The van der Waals surface area contributed by atoms with E-state index in [9.17, 15) is 0 Å². The Morgan fingerprint density at radius 3 is 3.03 bits per heavy atom. The van der Waals surface area contributed by atoms with Gasteiger partial charge in [-0.05, 0) is 37.5 Å². The van der Waals surface area contributed by atoms with Crippen LogP contribution in [0.25, 0.3) is 0 Å². The number of aliphatic imine (C=N–C) groups is 1. The van der Waals surface area contributed by atoms with Gasteiger partial charge in [-0.1, -0.05) is 74.4 Å². The number of amidine groups is 1. The summed E-state index contributed by atoms with van der Waals surface area (Å²) in [5, 5.41) is 16.3. The number of allylic oxidation sites excluding steroid dienone is 10. The largest absolute Gasteiger partial charge is 0.378 e. The molecule has 0 aromatic carbocycles. The molecule has 0 amide bonds. The summed E-state index contributed by atoms with van der Waals surface area (Å²) in [5.74, 6) is 0.0480. The lowest BCUT2D eigenvalue weighted by Gasteiger charge is -2.17. The standard InChI is InChI=1S/C23H30N6S2/c1-5-8-11-16(4)26-22(25)30-20(24)17-12-10-13-18(15-17)21-28-29-23(31-21)27-19(7-3)14-9-6-2/h5-6,8-14,17,23-24,27,29H,1,4,7,15H2,2-3H3,(H2,25,26)/p+1/b9-6-,11-8-,19-14+,24-20?/t17?,23-/m1/s1. The topological polar surface area (TPSA) is 100 Å². The average molecular weight is 456 g/mol. The van der Waals surface area contributed by atoms with E-state index in [0.29, 0.717) is 15.9 Å². The summed E-state index contributed by atoms with van der Waals surface area (Å²) in [6.07, 6.45) is 19.1. The van der Waals surface area contributed by atoms with Crippen molar-refractivity contribution in [3.63, 3.8) is 0 Å². The molecular formula is C23H31N6S2+. The zero-order chi connectivity index (χ0) is 22.6. The van der Waals surface area contributed by atoms with E-state index in [1.807, 2.05) is 25.2 Å². The third-order valence-corrected chi connectivity index (χ3v) is 6.20. The Balaban J connectivity index is 1.92. The van der Waals surface area contributed by atoms with Crippen molar-refractivity contribution in [2.24, 2.45) is 21.7 Å². The van der Waals surface area contributed by atoms with Gasteiger partial charge in [-0.25, -0.2) is 4.99 Å². The normalized spacial score (nSPS) is 21.7. The predicted octanol–water partition coefficient (Wildman–Crippen LogP) is 3.34. The van der Waals surface area contributed by atoms with Gasteiger partial charge in [0.1, 0.15) is 5.04 Å². The lowest BCUT2D eigenvalue weighted by atomic mass is 9.95. The first-order valence-electron chi connectivity index (χ1n) is 10.0. The molecule has 0 aromatic rings. The predicted molar refractivity (Wildman–Crippen MR) is 138 cm³/mol. The van der Waals surface area contributed by atoms with Gasteiger partial charge in [0.25, 0.3) is 0 Å². The molecule has 2 rings (SSSR count). The van der Waals surface area contributed by atoms with E-state index in [1.54, 1.807) is 30.0 Å². The minimum Gasteiger partial charge on any atom is -0.378 e. The molecule has 6 N–H and O–H groups in total. The number of nitrogens with zero attached hydrogens (tertiary/aromatic N) is 2. The molecule has 8 heteroatoms. The van der Waals surface area contributed by atoms with Crippen molar-refractivity contribution in [2.45, 2.75) is 32.2 Å². The Morgan fingerprint density at radius 1 is 1.52 bits per heavy atom. The van der Waals surface area contributed by atoms with Gasteiger partial charge in [-0.2, -0.15) is 5.10 Å². The molecule has 0 saturated carbocycles. The molecule has 2 atom stereocenters. The minimum absolute atomic E-state index is 0.00447. The number of rotatable bonds is 9. The van der Waals surface area contributed by atoms with Crippen molar-refractivity contribution in [1.82, 2.24) is 10.7 Å². The van der Waals surface area contributed by atoms with E-state index in [0.717, 1.165) is 29.2 Å². The highest BCUT2D eigenvalue weighted by atomic mass is 32.2. The number of hydrogen-bond acceptors (Lipinski definition) is 6. The van der Waals surface area contributed by atoms with Gasteiger partial charge in [-0.15, -0.1) is 0 Å². The molecule has 1 heterocycles. The maximum absolute atomic E-state index is 6.33. The summed E-state index contributed by atoms with van der Waals surface area (Å²) in [6.45, 7) is 11.6. The second-order valence-electron chi connectivity index (χ2n) is 6.69. The number of hydrogen-bond donors (Lipinski definition) is 4. The zero-order valence-electron chi connectivity index (χ0n) is 18.0. The Hall–Kier alpha value is -2.71. The summed E-state index contributed by atoms with van der Waals surface area (Å²) in [5.41, 5.74) is 12.0. The van der Waals surface area contributed by atoms with Crippen LogP contribution in [-0.2, 0) is 0 Å². The molecule has 2 aliphatic rings. The van der Waals surface area contributed by atoms with Gasteiger partial charge in [-0.3, -0.25) is 10.8 Å². The quantitative estimate of drug-likeness (QED) is 0.243. The first-order chi connectivity index (χ1) is 15.0. The van der Waals surface area contributed by atoms with Crippen LogP contribution in [-0.4, -0.2) is 20.8 Å². The number of nitrogens with one attached hydrogen (secondary N) is 2. The fourth-order valence-corrected chi connectivity index (χ4v) is 4.41. The Labute approximate surface area is 193 Å². The molecule has 1 unspecified atom stereocenters. The smallest absolute Gasteiger partial charge is 0.222 e. The molecule has 0 fully saturated rings. The maximum Gasteiger partial charge on any atom is 0.222 e. The van der Waals surface area contributed by atoms with Crippen LogP contribution in [0.2, 0.25) is 0 Å². The van der Waals surface area contributed by atoms with Crippen LogP contribution in [0.4, 0.5) is 0 Å². The molecule has 0 radical (unpaired) electrons. The van der Waals surface area contributed by atoms with Crippen LogP contribution in [0.15, 0.2) is 94.9 Å². The summed E-state index contributed by atoms with van der Waals surface area (Å²) >= 11 is 2.93. The van der Waals surface area contributed by atoms with Crippen molar-refractivity contribution in [3.8, 4) is 0 Å². The summed E-state index contributed by atoms with van der Waals surface area (Å²) in [4.78, 5) is 4.25. The van der Waals surface area contributed by atoms with Crippen molar-refractivity contribution in [1.29, 1.82) is 0 Å². The van der Waals surface area contributed by atoms with E-state index in [1.165, 1.54) is 11.8 Å². The van der Waals surface area contributed by atoms with E-state index in [2.05, 4.69) is 59.1 Å². The fraction of sp³-hybridized carbons (Fsp3) is 0.261. The van der Waals surface area contributed by atoms with Gasteiger partial charge in [0, 0.05) is 17.5 Å². The van der Waals surface area contributed by atoms with Crippen LogP contribution >= 0.6 is 23.5 Å². The number of hydrazone groups is 1. The Morgan fingerprint density at radius 2 is 2.32 bits per heavy atom. The Kier molecular flexibility index (Phi) is 10.2. The van der Waals surface area contributed by atoms with E-state index < -0.39 is 0 Å². The monoisotopic (exact) mass is 455 g/mol. The molecule has 0 aromatic heterocycles. The molecule has 0 spiro atoms. The van der Waals surface area contributed by atoms with Crippen LogP contribution in [0, 0.1) is 5.92 Å². The van der Waals surface area contributed by atoms with Gasteiger partial charge >= 0.3 is 0 Å². The lowest BCUT2D eigenvalue weighted by molar-refractivity contribution is -0.113. The third kappa shape index (κ3) is 8.15. The van der Waals surface area contributed by atoms with Crippen molar-refractivity contribution < 1.29 is 5.41 Å². The molecule has 1 aliphatic carbocycles. The average Bonchev–Trinajstić information content (AvgIpc) is 3.23. The molecule has 31 heavy (non-hydrogen) atoms. The molecule has 0 saturated heterocycles. The molecule has 164 valence electrons. The van der Waals surface area contributed by atoms with Crippen LogP contribution < -0.4 is 21.9 Å². The van der Waals surface area contributed by atoms with E-state index >= 15 is 0 Å². The minimum atomic E-state index is 0.00447. The van der Waals surface area contributed by atoms with Gasteiger partial charge in [0.05, 0.1) is 11.6 Å². The van der Waals surface area contributed by atoms with Crippen LogP contribution in [0.3, 0.4) is 0 Å². The molecule has 0 bridgehead atoms. The van der Waals surface area contributed by atoms with E-state index in [4.69, 9.17) is 11.1 Å². The first-order valence-corrected chi connectivity index (χ1v) is 11.7. The van der Waals surface area contributed by atoms with Crippen LogP contribution in [0.5, 0.6) is 0 Å². The maximum atomic E-state index is 6.33. The zero-order valence-corrected chi connectivity index (χ0v) is 19.7. The highest BCUT2D eigenvalue weighted by molar-refractivity contribution is 8.26. The Bertz CT molecular complexity index is 905. The molecule has 6 nitrogen and oxygen atoms in total. The summed E-state index contributed by atoms with van der Waals surface area (Å²) in [7, 11) is 0. The summed E-state index contributed by atoms with van der Waals surface area (Å²) < 4.78 is 0. The van der Waals surface area contributed by atoms with Crippen molar-refractivity contribution in [2.75, 3.05) is 0 Å². The molecule has 1 aliphatic heterocycles. The highest BCUT2D eigenvalue weighted by Gasteiger charge is 2.28. The van der Waals surface area contributed by atoms with E-state index in [-0.39, 0.29) is 11.4 Å².